The topological polar surface area (TPSA) is 24.5 Å². The normalized spacial score (nSPS) is 12.4. The maximum atomic E-state index is 5.33. The van der Waals surface area contributed by atoms with Gasteiger partial charge in [-0.25, -0.2) is 0 Å². The second-order valence-corrected chi connectivity index (χ2v) is 5.74. The fourth-order valence-electron chi connectivity index (χ4n) is 1.62. The molecule has 0 rings (SSSR count). The standard InChI is InChI=1S/C14H32N2O/c1-6-17-13-12-16(5)11-9-7-8-10-15-14(2,3)4/h15H,6-13H2,1-5H3. The number of hydrogen-bond donors (Lipinski definition) is 1. The van der Waals surface area contributed by atoms with Crippen molar-refractivity contribution in [3.8, 4) is 0 Å². The van der Waals surface area contributed by atoms with Crippen molar-refractivity contribution in [3.63, 3.8) is 0 Å². The summed E-state index contributed by atoms with van der Waals surface area (Å²) in [6.07, 6.45) is 3.87. The van der Waals surface area contributed by atoms with Crippen LogP contribution in [0.4, 0.5) is 0 Å². The van der Waals surface area contributed by atoms with Crippen LogP contribution in [0.1, 0.15) is 47.0 Å². The van der Waals surface area contributed by atoms with Crippen LogP contribution in [-0.4, -0.2) is 50.3 Å². The summed E-state index contributed by atoms with van der Waals surface area (Å²) in [6.45, 7) is 13.7. The fourth-order valence-corrected chi connectivity index (χ4v) is 1.62. The van der Waals surface area contributed by atoms with Gasteiger partial charge in [-0.2, -0.15) is 0 Å². The third-order valence-electron chi connectivity index (χ3n) is 2.69. The number of hydrogen-bond acceptors (Lipinski definition) is 3. The molecule has 0 aromatic heterocycles. The minimum Gasteiger partial charge on any atom is -0.380 e. The van der Waals surface area contributed by atoms with E-state index in [9.17, 15) is 0 Å². The van der Waals surface area contributed by atoms with E-state index in [4.69, 9.17) is 4.74 Å². The smallest absolute Gasteiger partial charge is 0.0593 e. The Labute approximate surface area is 108 Å². The lowest BCUT2D eigenvalue weighted by atomic mass is 10.1. The van der Waals surface area contributed by atoms with E-state index < -0.39 is 0 Å². The van der Waals surface area contributed by atoms with E-state index in [1.807, 2.05) is 6.92 Å². The van der Waals surface area contributed by atoms with Crippen LogP contribution in [0.25, 0.3) is 0 Å². The molecule has 3 heteroatoms. The van der Waals surface area contributed by atoms with E-state index >= 15 is 0 Å². The summed E-state index contributed by atoms with van der Waals surface area (Å²) in [6, 6.07) is 0. The SMILES string of the molecule is CCOCCN(C)CCCCCNC(C)(C)C. The molecule has 0 aliphatic carbocycles. The molecule has 3 nitrogen and oxygen atoms in total. The Morgan fingerprint density at radius 2 is 1.76 bits per heavy atom. The van der Waals surface area contributed by atoms with Crippen molar-refractivity contribution in [2.45, 2.75) is 52.5 Å². The fraction of sp³-hybridized carbons (Fsp3) is 1.00. The molecule has 0 saturated heterocycles. The number of likely N-dealkylation sites (N-methyl/N-ethyl adjacent to an activating group) is 1. The van der Waals surface area contributed by atoms with Crippen LogP contribution in [-0.2, 0) is 4.74 Å². The zero-order valence-electron chi connectivity index (χ0n) is 12.5. The molecule has 0 atom stereocenters. The van der Waals surface area contributed by atoms with Crippen molar-refractivity contribution in [2.75, 3.05) is 39.9 Å². The van der Waals surface area contributed by atoms with Gasteiger partial charge in [-0.15, -0.1) is 0 Å². The van der Waals surface area contributed by atoms with Crippen molar-refractivity contribution in [1.29, 1.82) is 0 Å². The van der Waals surface area contributed by atoms with Gasteiger partial charge in [-0.3, -0.25) is 0 Å². The Balaban J connectivity index is 3.22. The van der Waals surface area contributed by atoms with Gasteiger partial charge in [-0.05, 0) is 60.7 Å². The second-order valence-electron chi connectivity index (χ2n) is 5.74. The highest BCUT2D eigenvalue weighted by Crippen LogP contribution is 2.01. The Morgan fingerprint density at radius 1 is 1.06 bits per heavy atom. The van der Waals surface area contributed by atoms with Crippen molar-refractivity contribution >= 4 is 0 Å². The molecule has 0 aliphatic heterocycles. The number of nitrogens with zero attached hydrogens (tertiary/aromatic N) is 1. The van der Waals surface area contributed by atoms with Gasteiger partial charge in [0.1, 0.15) is 0 Å². The summed E-state index contributed by atoms with van der Waals surface area (Å²) in [5.74, 6) is 0. The van der Waals surface area contributed by atoms with Crippen molar-refractivity contribution in [2.24, 2.45) is 0 Å². The summed E-state index contributed by atoms with van der Waals surface area (Å²) >= 11 is 0. The molecule has 1 N–H and O–H groups in total. The molecular weight excluding hydrogens is 212 g/mol. The lowest BCUT2D eigenvalue weighted by molar-refractivity contribution is 0.121. The molecule has 0 bridgehead atoms. The third kappa shape index (κ3) is 13.8. The van der Waals surface area contributed by atoms with Gasteiger partial charge in [0, 0.05) is 18.7 Å². The predicted molar refractivity (Wildman–Crippen MR) is 75.6 cm³/mol. The number of unbranched alkanes of at least 4 members (excludes halogenated alkanes) is 2. The van der Waals surface area contributed by atoms with Gasteiger partial charge < -0.3 is 15.0 Å². The zero-order valence-corrected chi connectivity index (χ0v) is 12.5. The van der Waals surface area contributed by atoms with Crippen LogP contribution < -0.4 is 5.32 Å². The molecule has 0 amide bonds. The van der Waals surface area contributed by atoms with Crippen LogP contribution in [0.2, 0.25) is 0 Å². The van der Waals surface area contributed by atoms with E-state index in [2.05, 4.69) is 38.0 Å². The summed E-state index contributed by atoms with van der Waals surface area (Å²) < 4.78 is 5.33. The molecule has 0 spiro atoms. The molecule has 0 radical (unpaired) electrons. The van der Waals surface area contributed by atoms with E-state index in [1.165, 1.54) is 25.8 Å². The third-order valence-corrected chi connectivity index (χ3v) is 2.69. The van der Waals surface area contributed by atoms with E-state index in [1.54, 1.807) is 0 Å². The first-order valence-electron chi connectivity index (χ1n) is 6.97. The number of ether oxygens (including phenoxy) is 1. The molecule has 0 saturated carbocycles. The Hall–Kier alpha value is -0.120. The molecule has 0 aromatic rings. The van der Waals surface area contributed by atoms with Crippen LogP contribution in [0.15, 0.2) is 0 Å². The zero-order chi connectivity index (χ0) is 13.1. The highest BCUT2D eigenvalue weighted by Gasteiger charge is 2.06. The highest BCUT2D eigenvalue weighted by molar-refractivity contribution is 4.69. The van der Waals surface area contributed by atoms with Crippen molar-refractivity contribution in [3.05, 3.63) is 0 Å². The monoisotopic (exact) mass is 244 g/mol. The maximum Gasteiger partial charge on any atom is 0.0593 e. The predicted octanol–water partition coefficient (Wildman–Crippen LogP) is 2.51. The maximum absolute atomic E-state index is 5.33. The van der Waals surface area contributed by atoms with Crippen LogP contribution >= 0.6 is 0 Å². The van der Waals surface area contributed by atoms with Crippen LogP contribution in [0, 0.1) is 0 Å². The van der Waals surface area contributed by atoms with Gasteiger partial charge in [0.15, 0.2) is 0 Å². The molecular formula is C14H32N2O. The summed E-state index contributed by atoms with van der Waals surface area (Å²) in [5.41, 5.74) is 0.258. The molecule has 0 fully saturated rings. The molecule has 0 heterocycles. The van der Waals surface area contributed by atoms with E-state index in [0.29, 0.717) is 0 Å². The highest BCUT2D eigenvalue weighted by atomic mass is 16.5. The largest absolute Gasteiger partial charge is 0.380 e. The van der Waals surface area contributed by atoms with E-state index in [0.717, 1.165) is 26.3 Å². The van der Waals surface area contributed by atoms with Crippen molar-refractivity contribution < 1.29 is 4.74 Å². The Morgan fingerprint density at radius 3 is 2.35 bits per heavy atom. The minimum atomic E-state index is 0.258. The molecule has 0 aliphatic rings. The first-order valence-corrected chi connectivity index (χ1v) is 6.97. The number of nitrogens with one attached hydrogen (secondary N) is 1. The lowest BCUT2D eigenvalue weighted by Gasteiger charge is -2.20. The van der Waals surface area contributed by atoms with Gasteiger partial charge in [-0.1, -0.05) is 6.42 Å². The van der Waals surface area contributed by atoms with Crippen LogP contribution in [0.5, 0.6) is 0 Å². The second kappa shape index (κ2) is 9.86. The first kappa shape index (κ1) is 16.9. The van der Waals surface area contributed by atoms with Crippen LogP contribution in [0.3, 0.4) is 0 Å². The summed E-state index contributed by atoms with van der Waals surface area (Å²) in [5, 5.41) is 3.52. The van der Waals surface area contributed by atoms with Crippen molar-refractivity contribution in [1.82, 2.24) is 10.2 Å². The average Bonchev–Trinajstić information content (AvgIpc) is 2.22. The minimum absolute atomic E-state index is 0.258. The Bertz CT molecular complexity index is 166. The molecule has 0 aromatic carbocycles. The molecule has 17 heavy (non-hydrogen) atoms. The van der Waals surface area contributed by atoms with E-state index in [-0.39, 0.29) is 5.54 Å². The first-order chi connectivity index (χ1) is 7.95. The van der Waals surface area contributed by atoms with Gasteiger partial charge in [0.05, 0.1) is 6.61 Å². The van der Waals surface area contributed by atoms with Gasteiger partial charge >= 0.3 is 0 Å². The number of rotatable bonds is 10. The molecule has 0 unspecified atom stereocenters. The van der Waals surface area contributed by atoms with Gasteiger partial charge in [0.2, 0.25) is 0 Å². The van der Waals surface area contributed by atoms with Gasteiger partial charge in [0.25, 0.3) is 0 Å². The Kier molecular flexibility index (Phi) is 9.79. The lowest BCUT2D eigenvalue weighted by Crippen LogP contribution is -2.36. The average molecular weight is 244 g/mol. The quantitative estimate of drug-likeness (QED) is 0.598. The summed E-state index contributed by atoms with van der Waals surface area (Å²) in [4.78, 5) is 2.35. The molecule has 104 valence electrons. The summed E-state index contributed by atoms with van der Waals surface area (Å²) in [7, 11) is 2.17.